The molecule has 0 saturated carbocycles. The highest BCUT2D eigenvalue weighted by molar-refractivity contribution is 5.78. The van der Waals surface area contributed by atoms with Gasteiger partial charge < -0.3 is 20.9 Å². The number of halogens is 1. The average molecular weight is 256 g/mol. The normalized spacial score (nSPS) is 14.0. The van der Waals surface area contributed by atoms with E-state index in [-0.39, 0.29) is 18.3 Å². The highest BCUT2D eigenvalue weighted by atomic mass is 19.1. The lowest BCUT2D eigenvalue weighted by atomic mass is 10.1. The number of aliphatic hydroxyl groups is 1. The molecular weight excluding hydrogens is 239 g/mol. The van der Waals surface area contributed by atoms with Crippen molar-refractivity contribution in [3.05, 3.63) is 29.6 Å². The summed E-state index contributed by atoms with van der Waals surface area (Å²) in [6, 6.07) is 4.29. The number of methoxy groups -OCH3 is 1. The first kappa shape index (κ1) is 14.4. The number of hydrogen-bond donors (Lipinski definition) is 3. The maximum atomic E-state index is 13.2. The third kappa shape index (κ3) is 3.68. The third-order valence-corrected chi connectivity index (χ3v) is 2.62. The molecule has 1 rings (SSSR count). The Hall–Kier alpha value is -1.66. The molecular formula is C12H17FN2O3. The fraction of sp³-hybridized carbons (Fsp3) is 0.417. The molecule has 18 heavy (non-hydrogen) atoms. The zero-order valence-electron chi connectivity index (χ0n) is 10.3. The molecule has 0 aliphatic carbocycles. The van der Waals surface area contributed by atoms with Crippen LogP contribution >= 0.6 is 0 Å². The fourth-order valence-corrected chi connectivity index (χ4v) is 1.45. The summed E-state index contributed by atoms with van der Waals surface area (Å²) in [4.78, 5) is 10.7. The Labute approximate surface area is 105 Å². The maximum absolute atomic E-state index is 13.2. The minimum absolute atomic E-state index is 0.0379. The van der Waals surface area contributed by atoms with Gasteiger partial charge in [-0.25, -0.2) is 4.39 Å². The van der Waals surface area contributed by atoms with Crippen LogP contribution in [0, 0.1) is 5.82 Å². The van der Waals surface area contributed by atoms with E-state index < -0.39 is 17.8 Å². The van der Waals surface area contributed by atoms with E-state index in [0.717, 1.165) is 5.56 Å². The van der Waals surface area contributed by atoms with Crippen LogP contribution in [0.25, 0.3) is 0 Å². The molecule has 0 heterocycles. The smallest absolute Gasteiger partial charge is 0.247 e. The topological polar surface area (TPSA) is 84.6 Å². The summed E-state index contributed by atoms with van der Waals surface area (Å²) >= 11 is 0. The van der Waals surface area contributed by atoms with Crippen LogP contribution in [0.2, 0.25) is 0 Å². The van der Waals surface area contributed by atoms with E-state index in [0.29, 0.717) is 0 Å². The number of hydrogen-bond acceptors (Lipinski definition) is 4. The van der Waals surface area contributed by atoms with Gasteiger partial charge in [0.15, 0.2) is 11.6 Å². The molecule has 1 aromatic rings. The van der Waals surface area contributed by atoms with Gasteiger partial charge in [0.2, 0.25) is 5.91 Å². The summed E-state index contributed by atoms with van der Waals surface area (Å²) in [7, 11) is 1.39. The van der Waals surface area contributed by atoms with Crippen molar-refractivity contribution < 1.29 is 19.0 Å². The van der Waals surface area contributed by atoms with Gasteiger partial charge in [0.1, 0.15) is 6.10 Å². The van der Waals surface area contributed by atoms with E-state index >= 15 is 0 Å². The first-order chi connectivity index (χ1) is 8.45. The first-order valence-corrected chi connectivity index (χ1v) is 5.50. The van der Waals surface area contributed by atoms with Gasteiger partial charge in [0.25, 0.3) is 0 Å². The lowest BCUT2D eigenvalue weighted by Gasteiger charge is -2.16. The zero-order valence-corrected chi connectivity index (χ0v) is 10.3. The monoisotopic (exact) mass is 256 g/mol. The van der Waals surface area contributed by atoms with Crippen LogP contribution < -0.4 is 15.8 Å². The number of nitrogens with one attached hydrogen (secondary N) is 1. The van der Waals surface area contributed by atoms with E-state index in [1.165, 1.54) is 13.2 Å². The van der Waals surface area contributed by atoms with Crippen molar-refractivity contribution >= 4 is 5.91 Å². The fourth-order valence-electron chi connectivity index (χ4n) is 1.45. The second-order valence-corrected chi connectivity index (χ2v) is 3.94. The van der Waals surface area contributed by atoms with Gasteiger partial charge in [-0.2, -0.15) is 0 Å². The van der Waals surface area contributed by atoms with Crippen molar-refractivity contribution in [3.63, 3.8) is 0 Å². The number of amides is 1. The van der Waals surface area contributed by atoms with Gasteiger partial charge in [-0.15, -0.1) is 0 Å². The number of carbonyl (C=O) groups excluding carboxylic acids is 1. The van der Waals surface area contributed by atoms with E-state index in [1.807, 2.05) is 6.92 Å². The number of nitrogens with two attached hydrogens (primary N) is 1. The number of benzene rings is 1. The van der Waals surface area contributed by atoms with Crippen molar-refractivity contribution in [3.8, 4) is 5.75 Å². The molecule has 2 unspecified atom stereocenters. The second-order valence-electron chi connectivity index (χ2n) is 3.94. The second kappa shape index (κ2) is 6.32. The highest BCUT2D eigenvalue weighted by Gasteiger charge is 2.14. The van der Waals surface area contributed by atoms with E-state index in [9.17, 15) is 14.3 Å². The van der Waals surface area contributed by atoms with Crippen molar-refractivity contribution in [1.29, 1.82) is 0 Å². The Morgan fingerprint density at radius 2 is 2.28 bits per heavy atom. The molecule has 0 bridgehead atoms. The minimum atomic E-state index is -1.24. The number of rotatable bonds is 6. The van der Waals surface area contributed by atoms with Gasteiger partial charge in [0.05, 0.1) is 7.11 Å². The van der Waals surface area contributed by atoms with Gasteiger partial charge in [-0.05, 0) is 24.6 Å². The molecule has 0 aliphatic heterocycles. The summed E-state index contributed by atoms with van der Waals surface area (Å²) in [6.07, 6.45) is -1.24. The van der Waals surface area contributed by atoms with Crippen molar-refractivity contribution in [2.24, 2.45) is 5.73 Å². The summed E-state index contributed by atoms with van der Waals surface area (Å²) in [5, 5.41) is 12.2. The Bertz CT molecular complexity index is 426. The van der Waals surface area contributed by atoms with Gasteiger partial charge in [0, 0.05) is 12.6 Å². The zero-order chi connectivity index (χ0) is 13.7. The third-order valence-electron chi connectivity index (χ3n) is 2.62. The predicted molar refractivity (Wildman–Crippen MR) is 64.6 cm³/mol. The van der Waals surface area contributed by atoms with Crippen molar-refractivity contribution in [1.82, 2.24) is 5.32 Å². The molecule has 0 fully saturated rings. The number of ether oxygens (including phenoxy) is 1. The van der Waals surface area contributed by atoms with E-state index in [2.05, 4.69) is 5.32 Å². The summed E-state index contributed by atoms with van der Waals surface area (Å²) in [5.41, 5.74) is 5.71. The standard InChI is InChI=1S/C12H17FN2O3/c1-7(15-6-10(16)12(14)17)8-3-4-9(13)11(5-8)18-2/h3-5,7,10,15-16H,6H2,1-2H3,(H2,14,17). The van der Waals surface area contributed by atoms with Crippen LogP contribution in [-0.2, 0) is 4.79 Å². The molecule has 0 radical (unpaired) electrons. The number of aliphatic hydroxyl groups excluding tert-OH is 1. The van der Waals surface area contributed by atoms with Crippen LogP contribution in [0.3, 0.4) is 0 Å². The molecule has 0 spiro atoms. The maximum Gasteiger partial charge on any atom is 0.247 e. The van der Waals surface area contributed by atoms with Gasteiger partial charge in [-0.3, -0.25) is 4.79 Å². The molecule has 1 aromatic carbocycles. The Kier molecular flexibility index (Phi) is 5.06. The molecule has 0 aromatic heterocycles. The highest BCUT2D eigenvalue weighted by Crippen LogP contribution is 2.22. The van der Waals surface area contributed by atoms with Crippen LogP contribution in [-0.4, -0.2) is 30.8 Å². The average Bonchev–Trinajstić information content (AvgIpc) is 2.35. The van der Waals surface area contributed by atoms with Crippen LogP contribution in [0.1, 0.15) is 18.5 Å². The van der Waals surface area contributed by atoms with Gasteiger partial charge >= 0.3 is 0 Å². The van der Waals surface area contributed by atoms with Crippen LogP contribution in [0.15, 0.2) is 18.2 Å². The molecule has 6 heteroatoms. The SMILES string of the molecule is COc1cc(C(C)NCC(O)C(N)=O)ccc1F. The molecule has 2 atom stereocenters. The molecule has 0 saturated heterocycles. The van der Waals surface area contributed by atoms with Crippen LogP contribution in [0.4, 0.5) is 4.39 Å². The van der Waals surface area contributed by atoms with Crippen LogP contribution in [0.5, 0.6) is 5.75 Å². The quantitative estimate of drug-likeness (QED) is 0.685. The molecule has 1 amide bonds. The van der Waals surface area contributed by atoms with Crippen molar-refractivity contribution in [2.45, 2.75) is 19.1 Å². The summed E-state index contributed by atoms with van der Waals surface area (Å²) < 4.78 is 18.1. The number of primary amides is 1. The molecule has 5 nitrogen and oxygen atoms in total. The molecule has 100 valence electrons. The Balaban J connectivity index is 2.66. The van der Waals surface area contributed by atoms with Gasteiger partial charge in [-0.1, -0.05) is 6.07 Å². The lowest BCUT2D eigenvalue weighted by Crippen LogP contribution is -2.38. The minimum Gasteiger partial charge on any atom is -0.494 e. The predicted octanol–water partition coefficient (Wildman–Crippen LogP) is 0.331. The van der Waals surface area contributed by atoms with Crippen molar-refractivity contribution in [2.75, 3.05) is 13.7 Å². The molecule has 0 aliphatic rings. The number of carbonyl (C=O) groups is 1. The summed E-state index contributed by atoms with van der Waals surface area (Å²) in [6.45, 7) is 1.86. The Morgan fingerprint density at radius 3 is 2.83 bits per heavy atom. The molecule has 4 N–H and O–H groups in total. The Morgan fingerprint density at radius 1 is 1.61 bits per heavy atom. The first-order valence-electron chi connectivity index (χ1n) is 5.50. The van der Waals surface area contributed by atoms with E-state index in [4.69, 9.17) is 10.5 Å². The van der Waals surface area contributed by atoms with E-state index in [1.54, 1.807) is 12.1 Å². The summed E-state index contributed by atoms with van der Waals surface area (Å²) in [5.74, 6) is -1.08. The lowest BCUT2D eigenvalue weighted by molar-refractivity contribution is -0.125. The largest absolute Gasteiger partial charge is 0.494 e.